The van der Waals surface area contributed by atoms with Crippen molar-refractivity contribution >= 4 is 34.8 Å². The molecule has 2 amide bonds. The van der Waals surface area contributed by atoms with E-state index in [2.05, 4.69) is 16.0 Å². The number of nitrogens with zero attached hydrogens (tertiary/aromatic N) is 1. The second-order valence-corrected chi connectivity index (χ2v) is 6.08. The number of amides is 2. The van der Waals surface area contributed by atoms with Crippen molar-refractivity contribution in [3.8, 4) is 0 Å². The number of rotatable bonds is 8. The number of benzene rings is 2. The van der Waals surface area contributed by atoms with Crippen LogP contribution in [0.5, 0.6) is 0 Å². The van der Waals surface area contributed by atoms with Crippen molar-refractivity contribution in [1.82, 2.24) is 10.6 Å². The number of nitro groups is 1. The third-order valence-corrected chi connectivity index (χ3v) is 4.04. The maximum Gasteiger partial charge on any atom is 0.293 e. The van der Waals surface area contributed by atoms with Crippen LogP contribution < -0.4 is 16.0 Å². The second kappa shape index (κ2) is 9.54. The molecule has 0 fully saturated rings. The van der Waals surface area contributed by atoms with Crippen LogP contribution in [0.25, 0.3) is 0 Å². The Morgan fingerprint density at radius 1 is 1.11 bits per heavy atom. The smallest absolute Gasteiger partial charge is 0.293 e. The van der Waals surface area contributed by atoms with Gasteiger partial charge in [0.15, 0.2) is 0 Å². The van der Waals surface area contributed by atoms with E-state index in [0.29, 0.717) is 11.6 Å². The monoisotopic (exact) mass is 390 g/mol. The Bertz CT molecular complexity index is 857. The molecule has 0 heterocycles. The van der Waals surface area contributed by atoms with Crippen LogP contribution in [0.3, 0.4) is 0 Å². The fourth-order valence-electron chi connectivity index (χ4n) is 2.32. The van der Waals surface area contributed by atoms with Crippen molar-refractivity contribution in [2.45, 2.75) is 13.5 Å². The average Bonchev–Trinajstić information content (AvgIpc) is 2.64. The van der Waals surface area contributed by atoms with Gasteiger partial charge in [-0.25, -0.2) is 0 Å². The molecule has 0 radical (unpaired) electrons. The van der Waals surface area contributed by atoms with Crippen LogP contribution in [0.2, 0.25) is 5.02 Å². The number of nitro benzene ring substituents is 1. The molecule has 9 heteroatoms. The summed E-state index contributed by atoms with van der Waals surface area (Å²) in [6, 6.07) is 11.4. The molecule has 2 aromatic carbocycles. The van der Waals surface area contributed by atoms with Gasteiger partial charge in [-0.1, -0.05) is 29.8 Å². The van der Waals surface area contributed by atoms with Crippen LogP contribution in [0.1, 0.15) is 22.8 Å². The molecule has 0 saturated carbocycles. The van der Waals surface area contributed by atoms with E-state index in [1.54, 1.807) is 12.1 Å². The Labute approximate surface area is 161 Å². The van der Waals surface area contributed by atoms with Crippen molar-refractivity contribution in [2.75, 3.05) is 18.4 Å². The van der Waals surface area contributed by atoms with E-state index in [0.717, 1.165) is 5.56 Å². The van der Waals surface area contributed by atoms with E-state index in [-0.39, 0.29) is 35.9 Å². The molecule has 142 valence electrons. The zero-order valence-electron chi connectivity index (χ0n) is 14.6. The highest BCUT2D eigenvalue weighted by Gasteiger charge is 2.17. The molecule has 0 bridgehead atoms. The lowest BCUT2D eigenvalue weighted by Gasteiger charge is -2.10. The van der Waals surface area contributed by atoms with Gasteiger partial charge in [0.25, 0.3) is 11.6 Å². The molecule has 8 nitrogen and oxygen atoms in total. The summed E-state index contributed by atoms with van der Waals surface area (Å²) in [5.41, 5.74) is 1.03. The predicted octanol–water partition coefficient (Wildman–Crippen LogP) is 2.73. The first-order valence-corrected chi connectivity index (χ1v) is 8.54. The van der Waals surface area contributed by atoms with Gasteiger partial charge in [0.2, 0.25) is 5.91 Å². The summed E-state index contributed by atoms with van der Waals surface area (Å²) >= 11 is 6.09. The highest BCUT2D eigenvalue weighted by molar-refractivity contribution is 6.31. The van der Waals surface area contributed by atoms with Crippen molar-refractivity contribution in [3.05, 3.63) is 68.7 Å². The van der Waals surface area contributed by atoms with E-state index < -0.39 is 10.8 Å². The van der Waals surface area contributed by atoms with Crippen LogP contribution in [-0.2, 0) is 11.3 Å². The minimum Gasteiger partial charge on any atom is -0.375 e. The molecular formula is C18H19ClN4O4. The van der Waals surface area contributed by atoms with Gasteiger partial charge in [0.05, 0.1) is 4.92 Å². The first kappa shape index (κ1) is 20.2. The molecule has 0 aliphatic rings. The molecule has 0 aliphatic heterocycles. The summed E-state index contributed by atoms with van der Waals surface area (Å²) < 4.78 is 0. The maximum atomic E-state index is 12.1. The molecule has 0 aromatic heterocycles. The average molecular weight is 391 g/mol. The van der Waals surface area contributed by atoms with Crippen LogP contribution in [0.15, 0.2) is 42.5 Å². The summed E-state index contributed by atoms with van der Waals surface area (Å²) in [7, 11) is 0. The molecule has 2 aromatic rings. The molecule has 3 N–H and O–H groups in total. The van der Waals surface area contributed by atoms with Gasteiger partial charge in [-0.15, -0.1) is 0 Å². The molecule has 0 aliphatic carbocycles. The van der Waals surface area contributed by atoms with Crippen LogP contribution in [-0.4, -0.2) is 29.8 Å². The molecule has 2 rings (SSSR count). The van der Waals surface area contributed by atoms with Gasteiger partial charge in [-0.2, -0.15) is 0 Å². The zero-order valence-corrected chi connectivity index (χ0v) is 15.4. The maximum absolute atomic E-state index is 12.1. The number of anilines is 1. The van der Waals surface area contributed by atoms with Crippen LogP contribution in [0.4, 0.5) is 11.4 Å². The Morgan fingerprint density at radius 3 is 2.48 bits per heavy atom. The lowest BCUT2D eigenvalue weighted by atomic mass is 10.1. The lowest BCUT2D eigenvalue weighted by molar-refractivity contribution is -0.384. The highest BCUT2D eigenvalue weighted by Crippen LogP contribution is 2.27. The third kappa shape index (κ3) is 5.96. The summed E-state index contributed by atoms with van der Waals surface area (Å²) in [5.74, 6) is -0.657. The number of carbonyl (C=O) groups excluding carboxylic acids is 2. The van der Waals surface area contributed by atoms with Gasteiger partial charge >= 0.3 is 0 Å². The Hall–Kier alpha value is -3.13. The zero-order chi connectivity index (χ0) is 19.8. The number of nitrogens with one attached hydrogen (secondary N) is 3. The Balaban J connectivity index is 2.07. The molecule has 0 spiro atoms. The van der Waals surface area contributed by atoms with Gasteiger partial charge in [-0.3, -0.25) is 19.7 Å². The van der Waals surface area contributed by atoms with Gasteiger partial charge in [0.1, 0.15) is 5.69 Å². The second-order valence-electron chi connectivity index (χ2n) is 5.67. The topological polar surface area (TPSA) is 113 Å². The number of hydrogen-bond donors (Lipinski definition) is 3. The third-order valence-electron chi connectivity index (χ3n) is 3.67. The minimum absolute atomic E-state index is 0.160. The first-order chi connectivity index (χ1) is 12.9. The van der Waals surface area contributed by atoms with Gasteiger partial charge < -0.3 is 16.0 Å². The molecule has 27 heavy (non-hydrogen) atoms. The van der Waals surface area contributed by atoms with E-state index in [9.17, 15) is 19.7 Å². The molecule has 0 saturated heterocycles. The molecule has 0 unspecified atom stereocenters. The van der Waals surface area contributed by atoms with Crippen LogP contribution >= 0.6 is 11.6 Å². The summed E-state index contributed by atoms with van der Waals surface area (Å²) in [6.07, 6.45) is 0. The normalized spacial score (nSPS) is 10.1. The van der Waals surface area contributed by atoms with Crippen molar-refractivity contribution in [3.63, 3.8) is 0 Å². The summed E-state index contributed by atoms with van der Waals surface area (Å²) in [6.45, 7) is 2.18. The van der Waals surface area contributed by atoms with E-state index in [4.69, 9.17) is 11.6 Å². The minimum atomic E-state index is -0.553. The Kier molecular flexibility index (Phi) is 7.13. The molecular weight excluding hydrogens is 372 g/mol. The number of carbonyl (C=O) groups is 2. The summed E-state index contributed by atoms with van der Waals surface area (Å²) in [5, 5.41) is 20.0. The SMILES string of the molecule is CC(=O)NCCNC(=O)c1ccc(NCc2ccccc2Cl)c([N+](=O)[O-])c1. The summed E-state index contributed by atoms with van der Waals surface area (Å²) in [4.78, 5) is 33.7. The largest absolute Gasteiger partial charge is 0.375 e. The fourth-order valence-corrected chi connectivity index (χ4v) is 2.52. The van der Waals surface area contributed by atoms with Crippen molar-refractivity contribution in [2.24, 2.45) is 0 Å². The van der Waals surface area contributed by atoms with E-state index >= 15 is 0 Å². The fraction of sp³-hybridized carbons (Fsp3) is 0.222. The quantitative estimate of drug-likeness (QED) is 0.364. The van der Waals surface area contributed by atoms with Crippen molar-refractivity contribution < 1.29 is 14.5 Å². The van der Waals surface area contributed by atoms with E-state index in [1.807, 2.05) is 12.1 Å². The predicted molar refractivity (Wildman–Crippen MR) is 103 cm³/mol. The van der Waals surface area contributed by atoms with Crippen LogP contribution in [0, 0.1) is 10.1 Å². The lowest BCUT2D eigenvalue weighted by Crippen LogP contribution is -2.33. The van der Waals surface area contributed by atoms with Gasteiger partial charge in [0, 0.05) is 43.2 Å². The molecule has 0 atom stereocenters. The van der Waals surface area contributed by atoms with Gasteiger partial charge in [-0.05, 0) is 23.8 Å². The standard InChI is InChI=1S/C18H19ClN4O4/c1-12(24)20-8-9-21-18(25)13-6-7-16(17(10-13)23(26)27)22-11-14-4-2-3-5-15(14)19/h2-7,10,22H,8-9,11H2,1H3,(H,20,24)(H,21,25). The number of halogens is 1. The first-order valence-electron chi connectivity index (χ1n) is 8.17. The Morgan fingerprint density at radius 2 is 1.81 bits per heavy atom. The highest BCUT2D eigenvalue weighted by atomic mass is 35.5. The number of hydrogen-bond acceptors (Lipinski definition) is 5. The van der Waals surface area contributed by atoms with Crippen molar-refractivity contribution in [1.29, 1.82) is 0 Å². The van der Waals surface area contributed by atoms with E-state index in [1.165, 1.54) is 25.1 Å².